The minimum absolute atomic E-state index is 0. The van der Waals surface area contributed by atoms with Crippen LogP contribution in [0.15, 0.2) is 29.3 Å². The van der Waals surface area contributed by atoms with Gasteiger partial charge in [-0.25, -0.2) is 0 Å². The van der Waals surface area contributed by atoms with Crippen LogP contribution in [-0.2, 0) is 11.3 Å². The van der Waals surface area contributed by atoms with E-state index in [2.05, 4.69) is 40.3 Å². The Morgan fingerprint density at radius 2 is 1.88 bits per heavy atom. The molecule has 0 unspecified atom stereocenters. The molecule has 1 aliphatic heterocycles. The second kappa shape index (κ2) is 11.0. The van der Waals surface area contributed by atoms with E-state index in [1.54, 1.807) is 0 Å². The zero-order valence-corrected chi connectivity index (χ0v) is 18.3. The van der Waals surface area contributed by atoms with E-state index >= 15 is 0 Å². The first-order valence-electron chi connectivity index (χ1n) is 9.62. The van der Waals surface area contributed by atoms with E-state index in [-0.39, 0.29) is 24.0 Å². The lowest BCUT2D eigenvalue weighted by Gasteiger charge is -2.34. The lowest BCUT2D eigenvalue weighted by Crippen LogP contribution is -2.46. The molecule has 1 heterocycles. The second-order valence-corrected chi connectivity index (χ2v) is 6.82. The van der Waals surface area contributed by atoms with Crippen molar-refractivity contribution in [1.29, 1.82) is 0 Å². The van der Waals surface area contributed by atoms with Crippen LogP contribution in [0.4, 0.5) is 0 Å². The van der Waals surface area contributed by atoms with Crippen molar-refractivity contribution in [3.05, 3.63) is 29.8 Å². The Morgan fingerprint density at radius 3 is 2.50 bits per heavy atom. The number of aliphatic imine (C=N–C) groups is 1. The van der Waals surface area contributed by atoms with Crippen LogP contribution < -0.4 is 10.1 Å². The number of piperidine rings is 1. The molecule has 3 rings (SSSR count). The number of likely N-dealkylation sites (tertiary alicyclic amines) is 1. The molecule has 1 saturated carbocycles. The predicted octanol–water partition coefficient (Wildman–Crippen LogP) is 3.81. The monoisotopic (exact) mass is 473 g/mol. The lowest BCUT2D eigenvalue weighted by molar-refractivity contribution is 0.0263. The van der Waals surface area contributed by atoms with Gasteiger partial charge in [0.2, 0.25) is 0 Å². The summed E-state index contributed by atoms with van der Waals surface area (Å²) in [7, 11) is 1.85. The van der Waals surface area contributed by atoms with Gasteiger partial charge < -0.3 is 19.7 Å². The smallest absolute Gasteiger partial charge is 0.193 e. The summed E-state index contributed by atoms with van der Waals surface area (Å²) in [5.74, 6) is 1.97. The van der Waals surface area contributed by atoms with Crippen molar-refractivity contribution in [3.8, 4) is 5.75 Å². The molecule has 1 aliphatic carbocycles. The molecule has 0 atom stereocenters. The van der Waals surface area contributed by atoms with Gasteiger partial charge in [0.1, 0.15) is 5.75 Å². The molecule has 0 spiro atoms. The summed E-state index contributed by atoms with van der Waals surface area (Å²) in [6, 6.07) is 8.33. The van der Waals surface area contributed by atoms with E-state index in [9.17, 15) is 0 Å². The van der Waals surface area contributed by atoms with Crippen molar-refractivity contribution in [3.63, 3.8) is 0 Å². The molecule has 0 radical (unpaired) electrons. The Bertz CT molecular complexity index is 570. The van der Waals surface area contributed by atoms with Crippen molar-refractivity contribution in [2.24, 2.45) is 4.99 Å². The first-order chi connectivity index (χ1) is 12.3. The number of halogens is 1. The van der Waals surface area contributed by atoms with Crippen LogP contribution >= 0.6 is 24.0 Å². The highest BCUT2D eigenvalue weighted by Gasteiger charge is 2.22. The molecule has 0 bridgehead atoms. The number of hydrogen-bond acceptors (Lipinski definition) is 3. The number of hydrogen-bond donors (Lipinski definition) is 1. The first kappa shape index (κ1) is 21.3. The van der Waals surface area contributed by atoms with E-state index in [1.165, 1.54) is 24.8 Å². The van der Waals surface area contributed by atoms with Crippen molar-refractivity contribution in [2.45, 2.75) is 57.8 Å². The lowest BCUT2D eigenvalue weighted by atomic mass is 9.96. The highest BCUT2D eigenvalue weighted by atomic mass is 127. The van der Waals surface area contributed by atoms with Gasteiger partial charge in [0, 0.05) is 38.9 Å². The maximum absolute atomic E-state index is 6.12. The Labute approximate surface area is 174 Å². The predicted molar refractivity (Wildman–Crippen MR) is 117 cm³/mol. The van der Waals surface area contributed by atoms with E-state index < -0.39 is 0 Å². The molecule has 5 nitrogen and oxygen atoms in total. The van der Waals surface area contributed by atoms with Gasteiger partial charge in [0.05, 0.1) is 12.2 Å². The molecule has 1 aromatic rings. The number of guanidine groups is 1. The zero-order chi connectivity index (χ0) is 17.5. The topological polar surface area (TPSA) is 46.1 Å². The van der Waals surface area contributed by atoms with Crippen LogP contribution in [0.1, 0.15) is 44.6 Å². The van der Waals surface area contributed by atoms with Crippen LogP contribution in [0.5, 0.6) is 5.75 Å². The third-order valence-corrected chi connectivity index (χ3v) is 5.11. The number of ether oxygens (including phenoxy) is 2. The fourth-order valence-corrected chi connectivity index (χ4v) is 3.41. The Balaban J connectivity index is 0.00000243. The molecule has 26 heavy (non-hydrogen) atoms. The Morgan fingerprint density at radius 1 is 1.15 bits per heavy atom. The third kappa shape index (κ3) is 5.74. The quantitative estimate of drug-likeness (QED) is 0.388. The maximum Gasteiger partial charge on any atom is 0.193 e. The molecule has 2 aliphatic rings. The van der Waals surface area contributed by atoms with Crippen LogP contribution in [0.25, 0.3) is 0 Å². The highest BCUT2D eigenvalue weighted by molar-refractivity contribution is 14.0. The molecule has 146 valence electrons. The summed E-state index contributed by atoms with van der Waals surface area (Å²) < 4.78 is 11.9. The van der Waals surface area contributed by atoms with Gasteiger partial charge in [-0.2, -0.15) is 0 Å². The Hall–Kier alpha value is -1.02. The molecular weight excluding hydrogens is 441 g/mol. The average Bonchev–Trinajstić information content (AvgIpc) is 2.61. The minimum Gasteiger partial charge on any atom is -0.490 e. The molecule has 1 N–H and O–H groups in total. The largest absolute Gasteiger partial charge is 0.490 e. The van der Waals surface area contributed by atoms with E-state index in [0.717, 1.165) is 50.8 Å². The molecular formula is C20H32IN3O2. The van der Waals surface area contributed by atoms with Crippen molar-refractivity contribution >= 4 is 29.9 Å². The van der Waals surface area contributed by atoms with Crippen molar-refractivity contribution in [1.82, 2.24) is 10.2 Å². The van der Waals surface area contributed by atoms with Gasteiger partial charge in [-0.05, 0) is 45.1 Å². The van der Waals surface area contributed by atoms with Gasteiger partial charge in [0.15, 0.2) is 5.96 Å². The number of para-hydroxylation sites is 1. The van der Waals surface area contributed by atoms with Gasteiger partial charge >= 0.3 is 0 Å². The van der Waals surface area contributed by atoms with Gasteiger partial charge in [0.25, 0.3) is 0 Å². The number of rotatable bonds is 6. The molecule has 6 heteroatoms. The minimum atomic E-state index is 0. The first-order valence-corrected chi connectivity index (χ1v) is 9.62. The zero-order valence-electron chi connectivity index (χ0n) is 15.9. The molecule has 2 fully saturated rings. The summed E-state index contributed by atoms with van der Waals surface area (Å²) in [5.41, 5.74) is 1.19. The van der Waals surface area contributed by atoms with Crippen LogP contribution in [0.3, 0.4) is 0 Å². The second-order valence-electron chi connectivity index (χ2n) is 6.82. The van der Waals surface area contributed by atoms with Gasteiger partial charge in [-0.3, -0.25) is 4.99 Å². The van der Waals surface area contributed by atoms with E-state index in [0.29, 0.717) is 12.2 Å². The fourth-order valence-electron chi connectivity index (χ4n) is 3.41. The van der Waals surface area contributed by atoms with Gasteiger partial charge in [-0.15, -0.1) is 24.0 Å². The highest BCUT2D eigenvalue weighted by Crippen LogP contribution is 2.27. The molecule has 0 aromatic heterocycles. The maximum atomic E-state index is 6.12. The summed E-state index contributed by atoms with van der Waals surface area (Å²) >= 11 is 0. The SMILES string of the molecule is CCOC1CCN(C(=NC)NCc2ccccc2OC2CCC2)CC1.I. The summed E-state index contributed by atoms with van der Waals surface area (Å²) in [6.45, 7) is 5.58. The van der Waals surface area contributed by atoms with E-state index in [4.69, 9.17) is 9.47 Å². The number of nitrogens with one attached hydrogen (secondary N) is 1. The van der Waals surface area contributed by atoms with E-state index in [1.807, 2.05) is 13.1 Å². The molecule has 1 aromatic carbocycles. The average molecular weight is 473 g/mol. The summed E-state index contributed by atoms with van der Waals surface area (Å²) in [5, 5.41) is 3.51. The third-order valence-electron chi connectivity index (χ3n) is 5.11. The van der Waals surface area contributed by atoms with Crippen LogP contribution in [0, 0.1) is 0 Å². The molecule has 1 saturated heterocycles. The van der Waals surface area contributed by atoms with Crippen LogP contribution in [-0.4, -0.2) is 49.8 Å². The normalized spacial score (nSPS) is 18.8. The van der Waals surface area contributed by atoms with Gasteiger partial charge in [-0.1, -0.05) is 18.2 Å². The standard InChI is InChI=1S/C20H31N3O2.HI/c1-3-24-17-11-13-23(14-12-17)20(21-2)22-15-16-7-4-5-10-19(16)25-18-8-6-9-18;/h4-5,7,10,17-18H,3,6,8-9,11-15H2,1-2H3,(H,21,22);1H. The summed E-state index contributed by atoms with van der Waals surface area (Å²) in [6.07, 6.45) is 6.58. The summed E-state index contributed by atoms with van der Waals surface area (Å²) in [4.78, 5) is 6.79. The Kier molecular flexibility index (Phi) is 8.98. The van der Waals surface area contributed by atoms with Crippen molar-refractivity contribution in [2.75, 3.05) is 26.7 Å². The van der Waals surface area contributed by atoms with Crippen molar-refractivity contribution < 1.29 is 9.47 Å². The fraction of sp³-hybridized carbons (Fsp3) is 0.650. The number of nitrogens with zero attached hydrogens (tertiary/aromatic N) is 2. The molecule has 0 amide bonds. The number of benzene rings is 1. The van der Waals surface area contributed by atoms with Crippen LogP contribution in [0.2, 0.25) is 0 Å².